The minimum atomic E-state index is 0.595. The Hall–Kier alpha value is -3.41. The average molecular weight is 329 g/mol. The zero-order valence-electron chi connectivity index (χ0n) is 13.6. The van der Waals surface area contributed by atoms with Crippen LogP contribution in [0.2, 0.25) is 0 Å². The number of furan rings is 1. The smallest absolute Gasteiger partial charge is 0.196 e. The second-order valence-electron chi connectivity index (χ2n) is 6.03. The number of rotatable bonds is 3. The zero-order valence-corrected chi connectivity index (χ0v) is 13.6. The van der Waals surface area contributed by atoms with Crippen LogP contribution in [-0.2, 0) is 6.54 Å². The summed E-state index contributed by atoms with van der Waals surface area (Å²) in [6.45, 7) is 0.595. The minimum Gasteiger partial charge on any atom is -0.450 e. The standard InChI is InChI=1S/C19H15N5O/c1-24(10-16-22-13-7-3-4-8-14(13)23-16)19-18-17(20-11-21-19)12-6-2-5-9-15(12)25-18/h2-9,11H,10H2,1H3,(H,22,23). The molecule has 5 rings (SSSR count). The summed E-state index contributed by atoms with van der Waals surface area (Å²) in [5, 5.41) is 0.998. The van der Waals surface area contributed by atoms with E-state index in [9.17, 15) is 0 Å². The van der Waals surface area contributed by atoms with Gasteiger partial charge in [-0.05, 0) is 24.3 Å². The van der Waals surface area contributed by atoms with E-state index in [1.54, 1.807) is 6.33 Å². The van der Waals surface area contributed by atoms with Crippen LogP contribution in [0.25, 0.3) is 33.1 Å². The molecule has 2 aromatic carbocycles. The lowest BCUT2D eigenvalue weighted by Gasteiger charge is -2.16. The van der Waals surface area contributed by atoms with E-state index in [-0.39, 0.29) is 0 Å². The van der Waals surface area contributed by atoms with Crippen LogP contribution in [0.4, 0.5) is 5.82 Å². The number of fused-ring (bicyclic) bond motifs is 4. The number of hydrogen-bond acceptors (Lipinski definition) is 5. The number of para-hydroxylation sites is 3. The predicted octanol–water partition coefficient (Wildman–Crippen LogP) is 3.89. The third kappa shape index (κ3) is 2.22. The quantitative estimate of drug-likeness (QED) is 0.544. The van der Waals surface area contributed by atoms with E-state index in [0.717, 1.165) is 39.2 Å². The number of hydrogen-bond donors (Lipinski definition) is 1. The van der Waals surface area contributed by atoms with Gasteiger partial charge in [-0.15, -0.1) is 0 Å². The van der Waals surface area contributed by atoms with Gasteiger partial charge in [-0.3, -0.25) is 0 Å². The van der Waals surface area contributed by atoms with Gasteiger partial charge in [-0.2, -0.15) is 0 Å². The molecule has 0 fully saturated rings. The Labute approximate surface area is 143 Å². The Balaban J connectivity index is 1.57. The fourth-order valence-corrected chi connectivity index (χ4v) is 3.16. The van der Waals surface area contributed by atoms with Crippen molar-refractivity contribution in [2.45, 2.75) is 6.54 Å². The van der Waals surface area contributed by atoms with Crippen LogP contribution in [-0.4, -0.2) is 27.0 Å². The molecular formula is C19H15N5O. The van der Waals surface area contributed by atoms with Gasteiger partial charge < -0.3 is 14.3 Å². The van der Waals surface area contributed by atoms with Crippen LogP contribution in [0.5, 0.6) is 0 Å². The largest absolute Gasteiger partial charge is 0.450 e. The molecule has 1 N–H and O–H groups in total. The van der Waals surface area contributed by atoms with Gasteiger partial charge in [0.05, 0.1) is 17.6 Å². The number of benzene rings is 2. The molecule has 122 valence electrons. The topological polar surface area (TPSA) is 70.8 Å². The fourth-order valence-electron chi connectivity index (χ4n) is 3.16. The molecule has 6 heteroatoms. The maximum atomic E-state index is 6.00. The number of H-pyrrole nitrogens is 1. The molecule has 6 nitrogen and oxygen atoms in total. The Bertz CT molecular complexity index is 1170. The maximum absolute atomic E-state index is 6.00. The molecule has 0 aliphatic heterocycles. The molecule has 0 radical (unpaired) electrons. The van der Waals surface area contributed by atoms with E-state index in [2.05, 4.69) is 19.9 Å². The first-order valence-electron chi connectivity index (χ1n) is 8.06. The fraction of sp³-hybridized carbons (Fsp3) is 0.105. The Morgan fingerprint density at radius 3 is 2.80 bits per heavy atom. The van der Waals surface area contributed by atoms with E-state index >= 15 is 0 Å². The van der Waals surface area contributed by atoms with Crippen LogP contribution in [0.1, 0.15) is 5.82 Å². The minimum absolute atomic E-state index is 0.595. The third-order valence-corrected chi connectivity index (χ3v) is 4.33. The van der Waals surface area contributed by atoms with E-state index in [1.165, 1.54) is 0 Å². The molecule has 5 aromatic rings. The molecule has 0 unspecified atom stereocenters. The van der Waals surface area contributed by atoms with Gasteiger partial charge >= 0.3 is 0 Å². The zero-order chi connectivity index (χ0) is 16.8. The highest BCUT2D eigenvalue weighted by atomic mass is 16.3. The Kier molecular flexibility index (Phi) is 2.97. The van der Waals surface area contributed by atoms with Gasteiger partial charge in [0.15, 0.2) is 11.4 Å². The lowest BCUT2D eigenvalue weighted by molar-refractivity contribution is 0.661. The van der Waals surface area contributed by atoms with Gasteiger partial charge in [0.2, 0.25) is 0 Å². The van der Waals surface area contributed by atoms with Crippen molar-refractivity contribution in [3.63, 3.8) is 0 Å². The van der Waals surface area contributed by atoms with Crippen molar-refractivity contribution in [2.24, 2.45) is 0 Å². The Morgan fingerprint density at radius 2 is 1.88 bits per heavy atom. The lowest BCUT2D eigenvalue weighted by Crippen LogP contribution is -2.18. The predicted molar refractivity (Wildman–Crippen MR) is 97.5 cm³/mol. The van der Waals surface area contributed by atoms with Crippen LogP contribution < -0.4 is 4.90 Å². The number of nitrogens with one attached hydrogen (secondary N) is 1. The highest BCUT2D eigenvalue weighted by molar-refractivity contribution is 6.05. The molecule has 0 atom stereocenters. The van der Waals surface area contributed by atoms with Gasteiger partial charge in [0.25, 0.3) is 0 Å². The first-order chi connectivity index (χ1) is 12.3. The monoisotopic (exact) mass is 329 g/mol. The molecule has 25 heavy (non-hydrogen) atoms. The van der Waals surface area contributed by atoms with Crippen molar-refractivity contribution in [2.75, 3.05) is 11.9 Å². The highest BCUT2D eigenvalue weighted by Gasteiger charge is 2.16. The van der Waals surface area contributed by atoms with Gasteiger partial charge in [0, 0.05) is 12.4 Å². The molecule has 0 aliphatic carbocycles. The third-order valence-electron chi connectivity index (χ3n) is 4.33. The first-order valence-corrected chi connectivity index (χ1v) is 8.06. The van der Waals surface area contributed by atoms with Crippen LogP contribution in [0.3, 0.4) is 0 Å². The van der Waals surface area contributed by atoms with Crippen molar-refractivity contribution in [3.05, 3.63) is 60.7 Å². The highest BCUT2D eigenvalue weighted by Crippen LogP contribution is 2.32. The molecule has 0 bridgehead atoms. The average Bonchev–Trinajstić information content (AvgIpc) is 3.21. The van der Waals surface area contributed by atoms with Gasteiger partial charge in [-0.1, -0.05) is 24.3 Å². The van der Waals surface area contributed by atoms with Crippen molar-refractivity contribution >= 4 is 38.9 Å². The van der Waals surface area contributed by atoms with Crippen molar-refractivity contribution < 1.29 is 4.42 Å². The Morgan fingerprint density at radius 1 is 1.04 bits per heavy atom. The summed E-state index contributed by atoms with van der Waals surface area (Å²) >= 11 is 0. The van der Waals surface area contributed by atoms with Crippen molar-refractivity contribution in [1.82, 2.24) is 19.9 Å². The van der Waals surface area contributed by atoms with E-state index < -0.39 is 0 Å². The van der Waals surface area contributed by atoms with Crippen LogP contribution in [0, 0.1) is 0 Å². The number of anilines is 1. The van der Waals surface area contributed by atoms with E-state index in [0.29, 0.717) is 12.1 Å². The molecular weight excluding hydrogens is 314 g/mol. The van der Waals surface area contributed by atoms with Crippen LogP contribution >= 0.6 is 0 Å². The van der Waals surface area contributed by atoms with E-state index in [4.69, 9.17) is 4.42 Å². The molecule has 3 aromatic heterocycles. The number of imidazole rings is 1. The second-order valence-corrected chi connectivity index (χ2v) is 6.03. The normalized spacial score (nSPS) is 11.6. The molecule has 0 amide bonds. The molecule has 0 saturated carbocycles. The van der Waals surface area contributed by atoms with Crippen LogP contribution in [0.15, 0.2) is 59.3 Å². The SMILES string of the molecule is CN(Cc1nc2ccccc2[nH]1)c1ncnc2c1oc1ccccc12. The molecule has 0 spiro atoms. The number of aromatic amines is 1. The van der Waals surface area contributed by atoms with Crippen molar-refractivity contribution in [1.29, 1.82) is 0 Å². The summed E-state index contributed by atoms with van der Waals surface area (Å²) in [6.07, 6.45) is 1.58. The second kappa shape index (κ2) is 5.31. The van der Waals surface area contributed by atoms with Gasteiger partial charge in [-0.25, -0.2) is 15.0 Å². The summed E-state index contributed by atoms with van der Waals surface area (Å²) in [4.78, 5) is 18.8. The summed E-state index contributed by atoms with van der Waals surface area (Å²) < 4.78 is 6.00. The number of nitrogens with zero attached hydrogens (tertiary/aromatic N) is 4. The molecule has 3 heterocycles. The summed E-state index contributed by atoms with van der Waals surface area (Å²) in [5.74, 6) is 1.63. The molecule has 0 aliphatic rings. The first kappa shape index (κ1) is 14.0. The summed E-state index contributed by atoms with van der Waals surface area (Å²) in [7, 11) is 1.97. The maximum Gasteiger partial charge on any atom is 0.196 e. The number of aromatic nitrogens is 4. The van der Waals surface area contributed by atoms with E-state index in [1.807, 2.05) is 60.5 Å². The summed E-state index contributed by atoms with van der Waals surface area (Å²) in [5.41, 5.74) is 4.33. The molecule has 0 saturated heterocycles. The van der Waals surface area contributed by atoms with Gasteiger partial charge in [0.1, 0.15) is 23.3 Å². The van der Waals surface area contributed by atoms with Crippen molar-refractivity contribution in [3.8, 4) is 0 Å². The lowest BCUT2D eigenvalue weighted by atomic mass is 10.2. The summed E-state index contributed by atoms with van der Waals surface area (Å²) in [6, 6.07) is 15.9.